The van der Waals surface area contributed by atoms with Gasteiger partial charge in [-0.15, -0.1) is 0 Å². The molecule has 2 aromatic rings. The Morgan fingerprint density at radius 1 is 1.33 bits per heavy atom. The van der Waals surface area contributed by atoms with Gasteiger partial charge in [-0.25, -0.2) is 0 Å². The summed E-state index contributed by atoms with van der Waals surface area (Å²) in [6, 6.07) is 6.02. The van der Waals surface area contributed by atoms with Gasteiger partial charge < -0.3 is 19.7 Å². The molecular formula is C16H23ClN2O2. The van der Waals surface area contributed by atoms with Crippen LogP contribution in [0.1, 0.15) is 18.4 Å². The Labute approximate surface area is 130 Å². The molecule has 0 aliphatic heterocycles. The molecule has 0 unspecified atom stereocenters. The largest absolute Gasteiger partial charge is 0.396 e. The van der Waals surface area contributed by atoms with Crippen LogP contribution in [0.2, 0.25) is 5.02 Å². The standard InChI is InChI=1S/C16H23ClN2O2/c1-21-9-6-18-11-13-12-19(7-2-3-8-20)16-10-14(17)4-5-15(13)16/h4-5,10,12,18,20H,2-3,6-9,11H2,1H3. The summed E-state index contributed by atoms with van der Waals surface area (Å²) in [4.78, 5) is 0. The minimum atomic E-state index is 0.241. The number of aryl methyl sites for hydroxylation is 1. The van der Waals surface area contributed by atoms with E-state index in [0.717, 1.165) is 43.0 Å². The van der Waals surface area contributed by atoms with E-state index in [1.165, 1.54) is 10.9 Å². The molecule has 0 saturated carbocycles. The summed E-state index contributed by atoms with van der Waals surface area (Å²) in [5, 5.41) is 14.3. The van der Waals surface area contributed by atoms with Crippen LogP contribution in [0, 0.1) is 0 Å². The summed E-state index contributed by atoms with van der Waals surface area (Å²) < 4.78 is 7.27. The van der Waals surface area contributed by atoms with E-state index in [0.29, 0.717) is 6.61 Å². The number of nitrogens with zero attached hydrogens (tertiary/aromatic N) is 1. The Morgan fingerprint density at radius 3 is 2.95 bits per heavy atom. The highest BCUT2D eigenvalue weighted by Crippen LogP contribution is 2.25. The molecule has 1 aromatic carbocycles. The van der Waals surface area contributed by atoms with E-state index >= 15 is 0 Å². The number of methoxy groups -OCH3 is 1. The maximum absolute atomic E-state index is 8.92. The molecule has 2 N–H and O–H groups in total. The van der Waals surface area contributed by atoms with Gasteiger partial charge in [0, 0.05) is 55.5 Å². The van der Waals surface area contributed by atoms with Crippen LogP contribution in [0.15, 0.2) is 24.4 Å². The fourth-order valence-electron chi connectivity index (χ4n) is 2.46. The first-order chi connectivity index (χ1) is 10.3. The Hall–Kier alpha value is -1.07. The van der Waals surface area contributed by atoms with E-state index < -0.39 is 0 Å². The first-order valence-electron chi connectivity index (χ1n) is 7.34. The molecule has 0 bridgehead atoms. The second kappa shape index (κ2) is 8.39. The lowest BCUT2D eigenvalue weighted by Gasteiger charge is -2.04. The highest BCUT2D eigenvalue weighted by molar-refractivity contribution is 6.31. The van der Waals surface area contributed by atoms with Gasteiger partial charge in [0.1, 0.15) is 0 Å². The number of hydrogen-bond donors (Lipinski definition) is 2. The van der Waals surface area contributed by atoms with Gasteiger partial charge in [0.05, 0.1) is 6.61 Å². The average molecular weight is 311 g/mol. The average Bonchev–Trinajstić information content (AvgIpc) is 2.81. The monoisotopic (exact) mass is 310 g/mol. The summed E-state index contributed by atoms with van der Waals surface area (Å²) in [5.41, 5.74) is 2.42. The van der Waals surface area contributed by atoms with Crippen molar-refractivity contribution >= 4 is 22.5 Å². The fourth-order valence-corrected chi connectivity index (χ4v) is 2.62. The van der Waals surface area contributed by atoms with Crippen LogP contribution in [-0.4, -0.2) is 36.5 Å². The van der Waals surface area contributed by atoms with Gasteiger partial charge in [-0.2, -0.15) is 0 Å². The van der Waals surface area contributed by atoms with Gasteiger partial charge in [0.25, 0.3) is 0 Å². The maximum atomic E-state index is 8.92. The number of rotatable bonds is 9. The zero-order valence-electron chi connectivity index (χ0n) is 12.4. The highest BCUT2D eigenvalue weighted by Gasteiger charge is 2.08. The Balaban J connectivity index is 2.16. The molecule has 0 aliphatic rings. The van der Waals surface area contributed by atoms with Crippen LogP contribution in [0.3, 0.4) is 0 Å². The molecular weight excluding hydrogens is 288 g/mol. The SMILES string of the molecule is COCCNCc1cn(CCCCO)c2cc(Cl)ccc12. The van der Waals surface area contributed by atoms with Gasteiger partial charge >= 0.3 is 0 Å². The molecule has 0 atom stereocenters. The summed E-state index contributed by atoms with van der Waals surface area (Å²) in [5.74, 6) is 0. The lowest BCUT2D eigenvalue weighted by molar-refractivity contribution is 0.199. The lowest BCUT2D eigenvalue weighted by atomic mass is 10.2. The molecule has 5 heteroatoms. The van der Waals surface area contributed by atoms with E-state index in [2.05, 4.69) is 22.1 Å². The predicted molar refractivity (Wildman–Crippen MR) is 86.9 cm³/mol. The number of benzene rings is 1. The van der Waals surface area contributed by atoms with Gasteiger partial charge in [-0.05, 0) is 30.5 Å². The van der Waals surface area contributed by atoms with Gasteiger partial charge in [-0.1, -0.05) is 17.7 Å². The zero-order chi connectivity index (χ0) is 15.1. The molecule has 0 saturated heterocycles. The normalized spacial score (nSPS) is 11.4. The van der Waals surface area contributed by atoms with Crippen molar-refractivity contribution in [2.45, 2.75) is 25.9 Å². The molecule has 0 amide bonds. The van der Waals surface area contributed by atoms with Crippen LogP contribution in [0.4, 0.5) is 0 Å². The Bertz CT molecular complexity index is 569. The van der Waals surface area contributed by atoms with E-state index in [-0.39, 0.29) is 6.61 Å². The number of unbranched alkanes of at least 4 members (excludes halogenated alkanes) is 1. The van der Waals surface area contributed by atoms with E-state index in [9.17, 15) is 0 Å². The lowest BCUT2D eigenvalue weighted by Crippen LogP contribution is -2.18. The third kappa shape index (κ3) is 4.45. The van der Waals surface area contributed by atoms with Crippen molar-refractivity contribution in [3.63, 3.8) is 0 Å². The number of fused-ring (bicyclic) bond motifs is 1. The third-order valence-electron chi connectivity index (χ3n) is 3.53. The smallest absolute Gasteiger partial charge is 0.0587 e. The van der Waals surface area contributed by atoms with Gasteiger partial charge in [0.15, 0.2) is 0 Å². The molecule has 116 valence electrons. The summed E-state index contributed by atoms with van der Waals surface area (Å²) in [6.07, 6.45) is 3.96. The van der Waals surface area contributed by atoms with Gasteiger partial charge in [0.2, 0.25) is 0 Å². The highest BCUT2D eigenvalue weighted by atomic mass is 35.5. The summed E-state index contributed by atoms with van der Waals surface area (Å²) >= 11 is 6.12. The van der Waals surface area contributed by atoms with E-state index in [4.69, 9.17) is 21.4 Å². The van der Waals surface area contributed by atoms with Crippen LogP contribution >= 0.6 is 11.6 Å². The van der Waals surface area contributed by atoms with Crippen molar-refractivity contribution < 1.29 is 9.84 Å². The van der Waals surface area contributed by atoms with Crippen molar-refractivity contribution in [1.29, 1.82) is 0 Å². The summed E-state index contributed by atoms with van der Waals surface area (Å²) in [7, 11) is 1.71. The molecule has 0 spiro atoms. The Morgan fingerprint density at radius 2 is 2.19 bits per heavy atom. The third-order valence-corrected chi connectivity index (χ3v) is 3.77. The number of nitrogens with one attached hydrogen (secondary N) is 1. The number of ether oxygens (including phenoxy) is 1. The van der Waals surface area contributed by atoms with Crippen LogP contribution in [0.25, 0.3) is 10.9 Å². The fraction of sp³-hybridized carbons (Fsp3) is 0.500. The topological polar surface area (TPSA) is 46.4 Å². The number of aromatic nitrogens is 1. The van der Waals surface area contributed by atoms with Crippen molar-refractivity contribution in [2.24, 2.45) is 0 Å². The molecule has 21 heavy (non-hydrogen) atoms. The minimum Gasteiger partial charge on any atom is -0.396 e. The predicted octanol–water partition coefficient (Wildman–Crippen LogP) is 2.80. The number of aliphatic hydroxyl groups is 1. The van der Waals surface area contributed by atoms with Crippen LogP contribution in [-0.2, 0) is 17.8 Å². The zero-order valence-corrected chi connectivity index (χ0v) is 13.2. The maximum Gasteiger partial charge on any atom is 0.0587 e. The number of halogens is 1. The molecule has 1 aromatic heterocycles. The van der Waals surface area contributed by atoms with Crippen molar-refractivity contribution in [3.05, 3.63) is 35.0 Å². The van der Waals surface area contributed by atoms with Crippen molar-refractivity contribution in [2.75, 3.05) is 26.9 Å². The first kappa shape index (κ1) is 16.3. The van der Waals surface area contributed by atoms with Crippen LogP contribution < -0.4 is 5.32 Å². The van der Waals surface area contributed by atoms with E-state index in [1.807, 2.05) is 12.1 Å². The molecule has 0 fully saturated rings. The van der Waals surface area contributed by atoms with Crippen LogP contribution in [0.5, 0.6) is 0 Å². The second-order valence-electron chi connectivity index (χ2n) is 5.11. The van der Waals surface area contributed by atoms with Crippen molar-refractivity contribution in [1.82, 2.24) is 9.88 Å². The Kier molecular flexibility index (Phi) is 6.51. The molecule has 1 heterocycles. The van der Waals surface area contributed by atoms with E-state index in [1.54, 1.807) is 7.11 Å². The molecule has 0 aliphatic carbocycles. The number of aliphatic hydroxyl groups excluding tert-OH is 1. The summed E-state index contributed by atoms with van der Waals surface area (Å²) in [6.45, 7) is 3.50. The first-order valence-corrected chi connectivity index (χ1v) is 7.72. The second-order valence-corrected chi connectivity index (χ2v) is 5.55. The van der Waals surface area contributed by atoms with Gasteiger partial charge in [-0.3, -0.25) is 0 Å². The quantitative estimate of drug-likeness (QED) is 0.700. The molecule has 2 rings (SSSR count). The molecule has 0 radical (unpaired) electrons. The number of hydrogen-bond acceptors (Lipinski definition) is 3. The minimum absolute atomic E-state index is 0.241. The van der Waals surface area contributed by atoms with Crippen molar-refractivity contribution in [3.8, 4) is 0 Å². The molecule has 4 nitrogen and oxygen atoms in total.